The summed E-state index contributed by atoms with van der Waals surface area (Å²) in [5.41, 5.74) is 0.654. The molecule has 16 heavy (non-hydrogen) atoms. The molecule has 0 saturated heterocycles. The fourth-order valence-electron chi connectivity index (χ4n) is 1.24. The zero-order chi connectivity index (χ0) is 12.3. The Morgan fingerprint density at radius 3 is 2.56 bits per heavy atom. The molecule has 1 rings (SSSR count). The average molecular weight is 247 g/mol. The van der Waals surface area contributed by atoms with Crippen LogP contribution in [0, 0.1) is 12.7 Å². The van der Waals surface area contributed by atoms with Crippen LogP contribution in [0.3, 0.4) is 0 Å². The van der Waals surface area contributed by atoms with Crippen LogP contribution in [0.4, 0.5) is 4.39 Å². The second-order valence-corrected chi connectivity index (χ2v) is 5.50. The molecule has 0 spiro atoms. The van der Waals surface area contributed by atoms with E-state index < -0.39 is 15.8 Å². The van der Waals surface area contributed by atoms with Crippen LogP contribution in [-0.4, -0.2) is 38.0 Å². The molecule has 90 valence electrons. The molecule has 4 nitrogen and oxygen atoms in total. The van der Waals surface area contributed by atoms with Gasteiger partial charge < -0.3 is 5.11 Å². The third kappa shape index (κ3) is 2.58. The van der Waals surface area contributed by atoms with Crippen molar-refractivity contribution in [1.29, 1.82) is 0 Å². The van der Waals surface area contributed by atoms with E-state index in [1.807, 2.05) is 0 Å². The van der Waals surface area contributed by atoms with Crippen LogP contribution in [-0.2, 0) is 10.0 Å². The van der Waals surface area contributed by atoms with E-state index in [0.717, 1.165) is 4.31 Å². The van der Waals surface area contributed by atoms with Crippen LogP contribution in [0.25, 0.3) is 0 Å². The summed E-state index contributed by atoms with van der Waals surface area (Å²) >= 11 is 0. The fraction of sp³-hybridized carbons (Fsp3) is 0.400. The van der Waals surface area contributed by atoms with E-state index >= 15 is 0 Å². The minimum atomic E-state index is -3.85. The molecule has 0 bridgehead atoms. The molecule has 0 aliphatic carbocycles. The van der Waals surface area contributed by atoms with Gasteiger partial charge in [0.25, 0.3) is 0 Å². The molecular weight excluding hydrogens is 233 g/mol. The van der Waals surface area contributed by atoms with E-state index in [1.54, 1.807) is 6.92 Å². The van der Waals surface area contributed by atoms with Gasteiger partial charge in [0.1, 0.15) is 10.7 Å². The Kier molecular flexibility index (Phi) is 4.01. The van der Waals surface area contributed by atoms with Crippen molar-refractivity contribution in [3.05, 3.63) is 29.6 Å². The van der Waals surface area contributed by atoms with E-state index in [1.165, 1.54) is 25.2 Å². The Balaban J connectivity index is 3.17. The highest BCUT2D eigenvalue weighted by Gasteiger charge is 2.23. The van der Waals surface area contributed by atoms with Crippen molar-refractivity contribution in [2.24, 2.45) is 0 Å². The standard InChI is InChI=1S/C10H14FNO3S/c1-8-3-4-10(9(11)7-8)16(14,15)12(2)5-6-13/h3-4,7,13H,5-6H2,1-2H3. The third-order valence-electron chi connectivity index (χ3n) is 2.19. The lowest BCUT2D eigenvalue weighted by Gasteiger charge is -2.16. The number of sulfonamides is 1. The summed E-state index contributed by atoms with van der Waals surface area (Å²) < 4.78 is 38.1. The van der Waals surface area contributed by atoms with Gasteiger partial charge >= 0.3 is 0 Å². The van der Waals surface area contributed by atoms with Gasteiger partial charge in [-0.05, 0) is 24.6 Å². The van der Waals surface area contributed by atoms with Gasteiger partial charge in [-0.15, -0.1) is 0 Å². The fourth-order valence-corrected chi connectivity index (χ4v) is 2.45. The van der Waals surface area contributed by atoms with E-state index in [-0.39, 0.29) is 18.0 Å². The molecular formula is C10H14FNO3S. The number of likely N-dealkylation sites (N-methyl/N-ethyl adjacent to an activating group) is 1. The van der Waals surface area contributed by atoms with Gasteiger partial charge in [0.15, 0.2) is 0 Å². The molecule has 0 saturated carbocycles. The van der Waals surface area contributed by atoms with Gasteiger partial charge in [-0.2, -0.15) is 4.31 Å². The Morgan fingerprint density at radius 2 is 2.06 bits per heavy atom. The van der Waals surface area contributed by atoms with E-state index in [0.29, 0.717) is 5.56 Å². The SMILES string of the molecule is Cc1ccc(S(=O)(=O)N(C)CCO)c(F)c1. The summed E-state index contributed by atoms with van der Waals surface area (Å²) in [6, 6.07) is 3.93. The van der Waals surface area contributed by atoms with E-state index in [2.05, 4.69) is 0 Å². The summed E-state index contributed by atoms with van der Waals surface area (Å²) in [5, 5.41) is 8.66. The summed E-state index contributed by atoms with van der Waals surface area (Å²) in [6.07, 6.45) is 0. The van der Waals surface area contributed by atoms with Crippen LogP contribution in [0.2, 0.25) is 0 Å². The zero-order valence-electron chi connectivity index (χ0n) is 9.14. The monoisotopic (exact) mass is 247 g/mol. The molecule has 0 radical (unpaired) electrons. The quantitative estimate of drug-likeness (QED) is 0.854. The second kappa shape index (κ2) is 4.90. The zero-order valence-corrected chi connectivity index (χ0v) is 9.96. The number of hydrogen-bond donors (Lipinski definition) is 1. The molecule has 0 heterocycles. The number of halogens is 1. The smallest absolute Gasteiger partial charge is 0.245 e. The third-order valence-corrected chi connectivity index (χ3v) is 4.08. The molecule has 0 amide bonds. The summed E-state index contributed by atoms with van der Waals surface area (Å²) in [7, 11) is -2.55. The predicted octanol–water partition coefficient (Wildman–Crippen LogP) is 0.747. The van der Waals surface area contributed by atoms with Crippen molar-refractivity contribution >= 4 is 10.0 Å². The predicted molar refractivity (Wildman–Crippen MR) is 58.0 cm³/mol. The van der Waals surface area contributed by atoms with Crippen molar-refractivity contribution < 1.29 is 17.9 Å². The Hall–Kier alpha value is -0.980. The largest absolute Gasteiger partial charge is 0.395 e. The molecule has 1 aromatic carbocycles. The molecule has 0 aromatic heterocycles. The summed E-state index contributed by atoms with van der Waals surface area (Å²) in [5.74, 6) is -0.773. The molecule has 6 heteroatoms. The molecule has 1 N–H and O–H groups in total. The number of nitrogens with zero attached hydrogens (tertiary/aromatic N) is 1. The number of aryl methyl sites for hydroxylation is 1. The van der Waals surface area contributed by atoms with Crippen molar-refractivity contribution in [2.75, 3.05) is 20.2 Å². The van der Waals surface area contributed by atoms with Gasteiger partial charge in [-0.25, -0.2) is 12.8 Å². The molecule has 0 aliphatic heterocycles. The molecule has 0 unspecified atom stereocenters. The highest BCUT2D eigenvalue weighted by molar-refractivity contribution is 7.89. The normalized spacial score (nSPS) is 12.1. The first-order valence-electron chi connectivity index (χ1n) is 4.73. The number of rotatable bonds is 4. The van der Waals surface area contributed by atoms with Crippen LogP contribution in [0.5, 0.6) is 0 Å². The molecule has 0 fully saturated rings. The number of hydrogen-bond acceptors (Lipinski definition) is 3. The van der Waals surface area contributed by atoms with Crippen molar-refractivity contribution in [1.82, 2.24) is 4.31 Å². The van der Waals surface area contributed by atoms with Gasteiger partial charge in [-0.3, -0.25) is 0 Å². The Morgan fingerprint density at radius 1 is 1.44 bits per heavy atom. The van der Waals surface area contributed by atoms with E-state index in [9.17, 15) is 12.8 Å². The molecule has 1 aromatic rings. The van der Waals surface area contributed by atoms with Gasteiger partial charge in [0.2, 0.25) is 10.0 Å². The van der Waals surface area contributed by atoms with Crippen LogP contribution in [0.15, 0.2) is 23.1 Å². The highest BCUT2D eigenvalue weighted by atomic mass is 32.2. The maximum absolute atomic E-state index is 13.5. The number of aliphatic hydroxyl groups excluding tert-OH is 1. The maximum Gasteiger partial charge on any atom is 0.245 e. The second-order valence-electron chi connectivity index (χ2n) is 3.48. The highest BCUT2D eigenvalue weighted by Crippen LogP contribution is 2.18. The van der Waals surface area contributed by atoms with Crippen LogP contribution < -0.4 is 0 Å². The van der Waals surface area contributed by atoms with E-state index in [4.69, 9.17) is 5.11 Å². The lowest BCUT2D eigenvalue weighted by atomic mass is 10.2. The Bertz CT molecular complexity index is 473. The van der Waals surface area contributed by atoms with Gasteiger partial charge in [-0.1, -0.05) is 6.07 Å². The van der Waals surface area contributed by atoms with Crippen molar-refractivity contribution in [2.45, 2.75) is 11.8 Å². The Labute approximate surface area is 94.4 Å². The lowest BCUT2D eigenvalue weighted by Crippen LogP contribution is -2.30. The summed E-state index contributed by atoms with van der Waals surface area (Å²) in [4.78, 5) is -0.367. The minimum absolute atomic E-state index is 0.0599. The number of benzene rings is 1. The van der Waals surface area contributed by atoms with Gasteiger partial charge in [0, 0.05) is 13.6 Å². The lowest BCUT2D eigenvalue weighted by molar-refractivity contribution is 0.266. The van der Waals surface area contributed by atoms with Gasteiger partial charge in [0.05, 0.1) is 6.61 Å². The number of aliphatic hydroxyl groups is 1. The average Bonchev–Trinajstić information content (AvgIpc) is 2.17. The summed E-state index contributed by atoms with van der Waals surface area (Å²) in [6.45, 7) is 1.32. The molecule has 0 atom stereocenters. The maximum atomic E-state index is 13.5. The minimum Gasteiger partial charge on any atom is -0.395 e. The first-order chi connectivity index (χ1) is 7.39. The van der Waals surface area contributed by atoms with Crippen LogP contribution in [0.1, 0.15) is 5.56 Å². The van der Waals surface area contributed by atoms with Crippen molar-refractivity contribution in [3.63, 3.8) is 0 Å². The first kappa shape index (κ1) is 13.1. The molecule has 0 aliphatic rings. The topological polar surface area (TPSA) is 57.6 Å². The van der Waals surface area contributed by atoms with Crippen LogP contribution >= 0.6 is 0 Å². The first-order valence-corrected chi connectivity index (χ1v) is 6.17. The van der Waals surface area contributed by atoms with Crippen molar-refractivity contribution in [3.8, 4) is 0 Å².